The molecule has 0 bridgehead atoms. The van der Waals surface area contributed by atoms with Gasteiger partial charge < -0.3 is 24.9 Å². The van der Waals surface area contributed by atoms with Gasteiger partial charge in [0.2, 0.25) is 0 Å². The molecular weight excluding hydrogens is 447 g/mol. The normalized spacial score (nSPS) is 10.6. The molecule has 8 nitrogen and oxygen atoms in total. The minimum absolute atomic E-state index is 0.343. The number of carbonyl (C=O) groups is 2. The lowest BCUT2D eigenvalue weighted by Gasteiger charge is -2.00. The van der Waals surface area contributed by atoms with E-state index in [0.29, 0.717) is 12.8 Å². The Morgan fingerprint density at radius 2 is 0.667 bits per heavy atom. The third-order valence-corrected chi connectivity index (χ3v) is 4.99. The molecule has 0 aliphatic rings. The highest BCUT2D eigenvalue weighted by molar-refractivity contribution is 7.45. The van der Waals surface area contributed by atoms with E-state index in [9.17, 15) is 9.59 Å². The van der Waals surface area contributed by atoms with Gasteiger partial charge in [-0.25, -0.2) is 4.57 Å². The molecule has 0 unspecified atom stereocenters. The summed E-state index contributed by atoms with van der Waals surface area (Å²) >= 11 is 0. The molecule has 0 aliphatic carbocycles. The molecule has 0 fully saturated rings. The maximum Gasteiger partial charge on any atom is 0.466 e. The monoisotopic (exact) mass is 498 g/mol. The van der Waals surface area contributed by atoms with Gasteiger partial charge in [-0.3, -0.25) is 9.59 Å². The Bertz CT molecular complexity index is 425. The summed E-state index contributed by atoms with van der Waals surface area (Å²) in [6, 6.07) is 0. The van der Waals surface area contributed by atoms with E-state index in [-0.39, 0.29) is 0 Å². The molecule has 5 N–H and O–H groups in total. The lowest BCUT2D eigenvalue weighted by molar-refractivity contribution is -0.138. The summed E-state index contributed by atoms with van der Waals surface area (Å²) in [5.74, 6) is -1.32. The first-order chi connectivity index (χ1) is 15.5. The van der Waals surface area contributed by atoms with Gasteiger partial charge in [0, 0.05) is 12.8 Å². The van der Waals surface area contributed by atoms with Crippen LogP contribution in [0, 0.1) is 0 Å². The maximum atomic E-state index is 10.2. The van der Waals surface area contributed by atoms with Crippen molar-refractivity contribution >= 4 is 19.8 Å². The molecule has 0 aromatic heterocycles. The fourth-order valence-electron chi connectivity index (χ4n) is 3.17. The van der Waals surface area contributed by atoms with Crippen LogP contribution in [0.15, 0.2) is 0 Å². The van der Waals surface area contributed by atoms with Crippen molar-refractivity contribution in [2.45, 2.75) is 142 Å². The van der Waals surface area contributed by atoms with Crippen LogP contribution in [-0.2, 0) is 14.2 Å². The summed E-state index contributed by atoms with van der Waals surface area (Å²) in [5.41, 5.74) is 0. The second-order valence-electron chi connectivity index (χ2n) is 8.46. The third-order valence-electron chi connectivity index (χ3n) is 4.99. The van der Waals surface area contributed by atoms with Gasteiger partial charge in [0.15, 0.2) is 0 Å². The van der Waals surface area contributed by atoms with Crippen LogP contribution in [0.3, 0.4) is 0 Å². The molecule has 0 spiro atoms. The standard InChI is InChI=1S/2C12H24O2.H3O4P/c2*1-2-3-4-5-6-7-8-9-10-11-12(13)14;1-5(2,3)4/h2*2-11H2,1H3,(H,13,14);(H3,1,2,3,4). The van der Waals surface area contributed by atoms with Crippen LogP contribution in [0.25, 0.3) is 0 Å². The van der Waals surface area contributed by atoms with Gasteiger partial charge in [0.25, 0.3) is 0 Å². The fraction of sp³-hybridized carbons (Fsp3) is 0.917. The van der Waals surface area contributed by atoms with E-state index in [1.165, 1.54) is 89.9 Å². The number of unbranched alkanes of at least 4 members (excludes halogenated alkanes) is 16. The molecule has 33 heavy (non-hydrogen) atoms. The van der Waals surface area contributed by atoms with Gasteiger partial charge in [-0.1, -0.05) is 117 Å². The Morgan fingerprint density at radius 3 is 0.848 bits per heavy atom. The first-order valence-electron chi connectivity index (χ1n) is 12.8. The van der Waals surface area contributed by atoms with Gasteiger partial charge >= 0.3 is 19.8 Å². The average molecular weight is 499 g/mol. The number of aliphatic carboxylic acids is 2. The number of hydrogen-bond donors (Lipinski definition) is 5. The zero-order chi connectivity index (χ0) is 25.8. The summed E-state index contributed by atoms with van der Waals surface area (Å²) in [4.78, 5) is 42.0. The predicted molar refractivity (Wildman–Crippen MR) is 133 cm³/mol. The van der Waals surface area contributed by atoms with E-state index in [4.69, 9.17) is 29.5 Å². The Kier molecular flexibility index (Phi) is 32.3. The molecule has 0 saturated carbocycles. The minimum atomic E-state index is -4.64. The Hall–Kier alpha value is -0.950. The van der Waals surface area contributed by atoms with Crippen molar-refractivity contribution in [2.24, 2.45) is 0 Å². The highest BCUT2D eigenvalue weighted by Gasteiger charge is 2.00. The van der Waals surface area contributed by atoms with E-state index < -0.39 is 19.8 Å². The average Bonchev–Trinajstić information content (AvgIpc) is 2.70. The largest absolute Gasteiger partial charge is 0.481 e. The van der Waals surface area contributed by atoms with Crippen molar-refractivity contribution in [3.05, 3.63) is 0 Å². The van der Waals surface area contributed by atoms with E-state index in [0.717, 1.165) is 25.7 Å². The van der Waals surface area contributed by atoms with Gasteiger partial charge in [0.05, 0.1) is 0 Å². The first kappa shape index (κ1) is 36.6. The number of phosphoric acid groups is 1. The topological polar surface area (TPSA) is 152 Å². The predicted octanol–water partition coefficient (Wildman–Crippen LogP) is 7.06. The number of carboxylic acids is 2. The molecule has 0 atom stereocenters. The van der Waals surface area contributed by atoms with Gasteiger partial charge in [-0.15, -0.1) is 0 Å². The molecule has 0 radical (unpaired) electrons. The number of rotatable bonds is 20. The van der Waals surface area contributed by atoms with Gasteiger partial charge in [-0.2, -0.15) is 0 Å². The zero-order valence-corrected chi connectivity index (χ0v) is 21.9. The Labute approximate surface area is 201 Å². The van der Waals surface area contributed by atoms with Crippen molar-refractivity contribution in [1.82, 2.24) is 0 Å². The number of hydrogen-bond acceptors (Lipinski definition) is 3. The molecule has 0 aromatic carbocycles. The third kappa shape index (κ3) is 59.1. The smallest absolute Gasteiger partial charge is 0.466 e. The van der Waals surface area contributed by atoms with Crippen molar-refractivity contribution in [3.8, 4) is 0 Å². The van der Waals surface area contributed by atoms with Crippen LogP contribution in [0.5, 0.6) is 0 Å². The van der Waals surface area contributed by atoms with Crippen LogP contribution >= 0.6 is 7.82 Å². The van der Waals surface area contributed by atoms with E-state index in [1.807, 2.05) is 0 Å². The summed E-state index contributed by atoms with van der Waals surface area (Å²) in [5, 5.41) is 16.8. The zero-order valence-electron chi connectivity index (χ0n) is 21.1. The second kappa shape index (κ2) is 29.1. The van der Waals surface area contributed by atoms with Gasteiger partial charge in [-0.05, 0) is 12.8 Å². The molecule has 0 saturated heterocycles. The van der Waals surface area contributed by atoms with Crippen LogP contribution in [0.2, 0.25) is 0 Å². The quantitative estimate of drug-likeness (QED) is 0.0883. The van der Waals surface area contributed by atoms with E-state index in [1.54, 1.807) is 0 Å². The molecule has 0 rings (SSSR count). The lowest BCUT2D eigenvalue weighted by Crippen LogP contribution is -1.93. The Balaban J connectivity index is -0.000000453. The highest BCUT2D eigenvalue weighted by atomic mass is 31.2. The molecule has 0 aliphatic heterocycles. The molecular formula is C24H51O8P. The summed E-state index contributed by atoms with van der Waals surface area (Å²) in [6.45, 7) is 4.46. The fourth-order valence-corrected chi connectivity index (χ4v) is 3.17. The van der Waals surface area contributed by atoms with Crippen molar-refractivity contribution in [3.63, 3.8) is 0 Å². The van der Waals surface area contributed by atoms with E-state index in [2.05, 4.69) is 13.8 Å². The second-order valence-corrected chi connectivity index (χ2v) is 9.48. The minimum Gasteiger partial charge on any atom is -0.481 e. The lowest BCUT2D eigenvalue weighted by atomic mass is 10.1. The summed E-state index contributed by atoms with van der Waals surface area (Å²) in [7, 11) is -4.64. The SMILES string of the molecule is CCCCCCCCCCCC(=O)O.CCCCCCCCCCCC(=O)O.O=P(O)(O)O. The van der Waals surface area contributed by atoms with Crippen LogP contribution in [0.4, 0.5) is 0 Å². The van der Waals surface area contributed by atoms with Crippen molar-refractivity contribution in [2.75, 3.05) is 0 Å². The first-order valence-corrected chi connectivity index (χ1v) is 14.3. The van der Waals surface area contributed by atoms with Crippen LogP contribution < -0.4 is 0 Å². The molecule has 0 amide bonds. The molecule has 200 valence electrons. The maximum absolute atomic E-state index is 10.2. The van der Waals surface area contributed by atoms with Crippen molar-refractivity contribution in [1.29, 1.82) is 0 Å². The summed E-state index contributed by atoms with van der Waals surface area (Å²) < 4.78 is 8.88. The van der Waals surface area contributed by atoms with E-state index >= 15 is 0 Å². The molecule has 9 heteroatoms. The molecule has 0 heterocycles. The Morgan fingerprint density at radius 1 is 0.485 bits per heavy atom. The summed E-state index contributed by atoms with van der Waals surface area (Å²) in [6.07, 6.45) is 23.0. The van der Waals surface area contributed by atoms with Crippen molar-refractivity contribution < 1.29 is 39.0 Å². The van der Waals surface area contributed by atoms with Crippen LogP contribution in [0.1, 0.15) is 142 Å². The number of carboxylic acid groups (broad SMARTS) is 2. The molecule has 0 aromatic rings. The highest BCUT2D eigenvalue weighted by Crippen LogP contribution is 2.25. The van der Waals surface area contributed by atoms with Gasteiger partial charge in [0.1, 0.15) is 0 Å². The van der Waals surface area contributed by atoms with Crippen LogP contribution in [-0.4, -0.2) is 36.8 Å².